The van der Waals surface area contributed by atoms with Gasteiger partial charge in [-0.3, -0.25) is 0 Å². The summed E-state index contributed by atoms with van der Waals surface area (Å²) in [4.78, 5) is 9.64. The summed E-state index contributed by atoms with van der Waals surface area (Å²) in [6, 6.07) is 0. The first kappa shape index (κ1) is 12.0. The minimum Gasteiger partial charge on any atom is -0.368 e. The molecule has 0 radical (unpaired) electrons. The van der Waals surface area contributed by atoms with E-state index in [0.717, 1.165) is 19.0 Å². The first-order chi connectivity index (χ1) is 8.03. The molecule has 1 heterocycles. The molecule has 1 aliphatic carbocycles. The summed E-state index contributed by atoms with van der Waals surface area (Å²) in [5.74, 6) is -0.195. The van der Waals surface area contributed by atoms with Crippen LogP contribution >= 0.6 is 0 Å². The van der Waals surface area contributed by atoms with Gasteiger partial charge in [-0.05, 0) is 33.4 Å². The molecule has 2 rings (SSSR count). The Morgan fingerprint density at radius 3 is 2.76 bits per heavy atom. The van der Waals surface area contributed by atoms with E-state index >= 15 is 0 Å². The standard InChI is InChI=1S/C11H18FN5/c1-17(2)11(4-3-5-11)7-15-9-8(12)6-14-10(13)16-9/h6H,3-5,7H2,1-2H3,(H3,13,14,15,16). The smallest absolute Gasteiger partial charge is 0.222 e. The van der Waals surface area contributed by atoms with Crippen molar-refractivity contribution in [1.82, 2.24) is 14.9 Å². The summed E-state index contributed by atoms with van der Waals surface area (Å²) >= 11 is 0. The van der Waals surface area contributed by atoms with Crippen LogP contribution in [-0.4, -0.2) is 41.0 Å². The first-order valence-corrected chi connectivity index (χ1v) is 5.73. The number of rotatable bonds is 4. The van der Waals surface area contributed by atoms with Crippen molar-refractivity contribution >= 4 is 11.8 Å². The molecule has 5 nitrogen and oxygen atoms in total. The van der Waals surface area contributed by atoms with Gasteiger partial charge in [0.15, 0.2) is 11.6 Å². The second kappa shape index (κ2) is 4.44. The highest BCUT2D eigenvalue weighted by Crippen LogP contribution is 2.36. The van der Waals surface area contributed by atoms with E-state index in [4.69, 9.17) is 5.73 Å². The van der Waals surface area contributed by atoms with E-state index in [-0.39, 0.29) is 17.3 Å². The molecule has 0 atom stereocenters. The molecule has 0 saturated heterocycles. The Morgan fingerprint density at radius 2 is 2.24 bits per heavy atom. The minimum absolute atomic E-state index is 0.0846. The number of nitrogen functional groups attached to an aromatic ring is 1. The average molecular weight is 239 g/mol. The number of hydrogen-bond acceptors (Lipinski definition) is 5. The van der Waals surface area contributed by atoms with Crippen molar-refractivity contribution in [2.24, 2.45) is 0 Å². The molecule has 94 valence electrons. The van der Waals surface area contributed by atoms with Crippen LogP contribution in [-0.2, 0) is 0 Å². The number of anilines is 2. The van der Waals surface area contributed by atoms with Crippen molar-refractivity contribution in [2.75, 3.05) is 31.7 Å². The van der Waals surface area contributed by atoms with Crippen molar-refractivity contribution in [1.29, 1.82) is 0 Å². The predicted molar refractivity (Wildman–Crippen MR) is 65.2 cm³/mol. The lowest BCUT2D eigenvalue weighted by Gasteiger charge is -2.47. The Morgan fingerprint density at radius 1 is 1.53 bits per heavy atom. The molecule has 0 spiro atoms. The second-order valence-corrected chi connectivity index (χ2v) is 4.75. The first-order valence-electron chi connectivity index (χ1n) is 5.73. The van der Waals surface area contributed by atoms with E-state index in [1.165, 1.54) is 6.42 Å². The Bertz CT molecular complexity index is 403. The van der Waals surface area contributed by atoms with E-state index in [1.807, 2.05) is 14.1 Å². The second-order valence-electron chi connectivity index (χ2n) is 4.75. The quantitative estimate of drug-likeness (QED) is 0.823. The fraction of sp³-hybridized carbons (Fsp3) is 0.636. The van der Waals surface area contributed by atoms with Gasteiger partial charge in [-0.1, -0.05) is 0 Å². The number of nitrogens with zero attached hydrogens (tertiary/aromatic N) is 3. The minimum atomic E-state index is -0.465. The third kappa shape index (κ3) is 2.31. The molecule has 1 aromatic heterocycles. The van der Waals surface area contributed by atoms with Gasteiger partial charge in [-0.2, -0.15) is 4.98 Å². The van der Waals surface area contributed by atoms with E-state index in [2.05, 4.69) is 20.2 Å². The van der Waals surface area contributed by atoms with E-state index in [1.54, 1.807) is 0 Å². The van der Waals surface area contributed by atoms with Crippen molar-refractivity contribution in [3.05, 3.63) is 12.0 Å². The van der Waals surface area contributed by atoms with Crippen LogP contribution in [0.15, 0.2) is 6.20 Å². The lowest BCUT2D eigenvalue weighted by molar-refractivity contribution is 0.0737. The van der Waals surface area contributed by atoms with Gasteiger partial charge in [0.2, 0.25) is 5.95 Å². The summed E-state index contributed by atoms with van der Waals surface area (Å²) < 4.78 is 13.4. The maximum absolute atomic E-state index is 13.4. The Labute approximate surface area is 100 Å². The van der Waals surface area contributed by atoms with E-state index in [9.17, 15) is 4.39 Å². The molecule has 1 saturated carbocycles. The fourth-order valence-corrected chi connectivity index (χ4v) is 2.12. The number of aromatic nitrogens is 2. The zero-order chi connectivity index (χ0) is 12.5. The van der Waals surface area contributed by atoms with Crippen LogP contribution < -0.4 is 11.1 Å². The topological polar surface area (TPSA) is 67.1 Å². The highest BCUT2D eigenvalue weighted by atomic mass is 19.1. The Hall–Kier alpha value is -1.43. The fourth-order valence-electron chi connectivity index (χ4n) is 2.12. The molecular formula is C11H18FN5. The maximum Gasteiger partial charge on any atom is 0.222 e. The molecule has 3 N–H and O–H groups in total. The lowest BCUT2D eigenvalue weighted by atomic mass is 9.75. The summed E-state index contributed by atoms with van der Waals surface area (Å²) in [5.41, 5.74) is 5.55. The van der Waals surface area contributed by atoms with Crippen molar-refractivity contribution in [3.8, 4) is 0 Å². The maximum atomic E-state index is 13.4. The van der Waals surface area contributed by atoms with Crippen LogP contribution in [0.25, 0.3) is 0 Å². The van der Waals surface area contributed by atoms with Gasteiger partial charge < -0.3 is 16.0 Å². The number of nitrogens with two attached hydrogens (primary N) is 1. The third-order valence-corrected chi connectivity index (χ3v) is 3.58. The van der Waals surface area contributed by atoms with Crippen molar-refractivity contribution in [3.63, 3.8) is 0 Å². The van der Waals surface area contributed by atoms with Gasteiger partial charge in [-0.25, -0.2) is 9.37 Å². The summed E-state index contributed by atoms with van der Waals surface area (Å²) in [6.07, 6.45) is 4.55. The summed E-state index contributed by atoms with van der Waals surface area (Å²) in [5, 5.41) is 3.03. The zero-order valence-corrected chi connectivity index (χ0v) is 10.2. The van der Waals surface area contributed by atoms with Gasteiger partial charge in [0.1, 0.15) is 0 Å². The van der Waals surface area contributed by atoms with Gasteiger partial charge in [0.05, 0.1) is 6.20 Å². The Balaban J connectivity index is 2.04. The number of hydrogen-bond donors (Lipinski definition) is 2. The third-order valence-electron chi connectivity index (χ3n) is 3.58. The molecule has 0 aromatic carbocycles. The average Bonchev–Trinajstić information content (AvgIpc) is 2.21. The molecular weight excluding hydrogens is 221 g/mol. The number of halogens is 1. The largest absolute Gasteiger partial charge is 0.368 e. The van der Waals surface area contributed by atoms with Crippen LogP contribution in [0.2, 0.25) is 0 Å². The monoisotopic (exact) mass is 239 g/mol. The van der Waals surface area contributed by atoms with Crippen LogP contribution in [0.5, 0.6) is 0 Å². The number of likely N-dealkylation sites (N-methyl/N-ethyl adjacent to an activating group) is 1. The molecule has 1 fully saturated rings. The van der Waals surface area contributed by atoms with Crippen LogP contribution in [0.1, 0.15) is 19.3 Å². The molecule has 0 aliphatic heterocycles. The molecule has 0 amide bonds. The molecule has 1 aromatic rings. The molecule has 1 aliphatic rings. The normalized spacial score (nSPS) is 17.9. The van der Waals surface area contributed by atoms with Crippen LogP contribution in [0.4, 0.5) is 16.2 Å². The van der Waals surface area contributed by atoms with Gasteiger partial charge >= 0.3 is 0 Å². The lowest BCUT2D eigenvalue weighted by Crippen LogP contribution is -2.54. The van der Waals surface area contributed by atoms with Gasteiger partial charge in [-0.15, -0.1) is 0 Å². The van der Waals surface area contributed by atoms with Crippen molar-refractivity contribution in [2.45, 2.75) is 24.8 Å². The van der Waals surface area contributed by atoms with Crippen LogP contribution in [0.3, 0.4) is 0 Å². The summed E-state index contributed by atoms with van der Waals surface area (Å²) in [6.45, 7) is 0.674. The molecule has 6 heteroatoms. The van der Waals surface area contributed by atoms with E-state index in [0.29, 0.717) is 6.54 Å². The molecule has 0 unspecified atom stereocenters. The zero-order valence-electron chi connectivity index (χ0n) is 10.2. The highest BCUT2D eigenvalue weighted by Gasteiger charge is 2.38. The van der Waals surface area contributed by atoms with Crippen molar-refractivity contribution < 1.29 is 4.39 Å². The Kier molecular flexibility index (Phi) is 3.15. The SMILES string of the molecule is CN(C)C1(CNc2nc(N)ncc2F)CCC1. The van der Waals surface area contributed by atoms with Crippen LogP contribution in [0, 0.1) is 5.82 Å². The molecule has 0 bridgehead atoms. The number of nitrogens with one attached hydrogen (secondary N) is 1. The van der Waals surface area contributed by atoms with Gasteiger partial charge in [0, 0.05) is 12.1 Å². The highest BCUT2D eigenvalue weighted by molar-refractivity contribution is 5.39. The molecule has 17 heavy (non-hydrogen) atoms. The summed E-state index contributed by atoms with van der Waals surface area (Å²) in [7, 11) is 4.09. The van der Waals surface area contributed by atoms with Gasteiger partial charge in [0.25, 0.3) is 0 Å². The predicted octanol–water partition coefficient (Wildman–Crippen LogP) is 1.09. The van der Waals surface area contributed by atoms with E-state index < -0.39 is 5.82 Å².